The molecule has 54 heavy (non-hydrogen) atoms. The standard InChI is InChI=1S/C47H27N7/c48-27-29-18-21-36-37-22-19-30(28-49)25-43(37)54(42(36)24-29)41-23-20-33(34-15-9-16-38-35-14-7-8-17-40(35)50-44(34)38)26-39(41)47-52-45(31-10-3-1-4-11-31)51-46(53-47)32-12-5-2-6-13-32/h1-26,50H. The lowest BCUT2D eigenvalue weighted by molar-refractivity contribution is 1.06. The highest BCUT2D eigenvalue weighted by Gasteiger charge is 2.22. The predicted molar refractivity (Wildman–Crippen MR) is 215 cm³/mol. The summed E-state index contributed by atoms with van der Waals surface area (Å²) in [6, 6.07) is 57.0. The van der Waals surface area contributed by atoms with E-state index in [1.165, 1.54) is 0 Å². The van der Waals surface area contributed by atoms with Gasteiger partial charge in [0, 0.05) is 49.3 Å². The zero-order valence-corrected chi connectivity index (χ0v) is 28.7. The van der Waals surface area contributed by atoms with E-state index in [9.17, 15) is 10.5 Å². The maximum atomic E-state index is 9.99. The lowest BCUT2D eigenvalue weighted by Gasteiger charge is -2.17. The van der Waals surface area contributed by atoms with Crippen LogP contribution in [0.2, 0.25) is 0 Å². The molecule has 7 nitrogen and oxygen atoms in total. The predicted octanol–water partition coefficient (Wildman–Crippen LogP) is 11.0. The Kier molecular flexibility index (Phi) is 7.11. The Morgan fingerprint density at radius 1 is 0.444 bits per heavy atom. The third-order valence-corrected chi connectivity index (χ3v) is 10.1. The summed E-state index contributed by atoms with van der Waals surface area (Å²) < 4.78 is 2.13. The monoisotopic (exact) mass is 689 g/mol. The van der Waals surface area contributed by atoms with E-state index < -0.39 is 0 Å². The van der Waals surface area contributed by atoms with Crippen LogP contribution in [-0.4, -0.2) is 24.5 Å². The summed E-state index contributed by atoms with van der Waals surface area (Å²) in [4.78, 5) is 19.0. The molecule has 0 fully saturated rings. The molecule has 10 aromatic rings. The minimum atomic E-state index is 0.492. The van der Waals surface area contributed by atoms with Crippen LogP contribution >= 0.6 is 0 Å². The van der Waals surface area contributed by atoms with Crippen molar-refractivity contribution in [3.8, 4) is 63.1 Å². The fraction of sp³-hybridized carbons (Fsp3) is 0. The molecule has 0 radical (unpaired) electrons. The van der Waals surface area contributed by atoms with Gasteiger partial charge in [0.15, 0.2) is 17.5 Å². The van der Waals surface area contributed by atoms with Gasteiger partial charge in [0.05, 0.1) is 45.5 Å². The topological polar surface area (TPSA) is 107 Å². The Labute approximate surface area is 309 Å². The lowest BCUT2D eigenvalue weighted by atomic mass is 9.98. The second-order valence-electron chi connectivity index (χ2n) is 13.2. The Hall–Kier alpha value is -7.87. The number of para-hydroxylation sites is 2. The quantitative estimate of drug-likeness (QED) is 0.193. The van der Waals surface area contributed by atoms with Crippen LogP contribution in [0.4, 0.5) is 0 Å². The number of aromatic nitrogens is 5. The Bertz CT molecular complexity index is 3050. The first kappa shape index (κ1) is 30.9. The summed E-state index contributed by atoms with van der Waals surface area (Å²) in [6.45, 7) is 0. The van der Waals surface area contributed by atoms with Crippen LogP contribution in [0, 0.1) is 22.7 Å². The average molecular weight is 690 g/mol. The van der Waals surface area contributed by atoms with Crippen LogP contribution < -0.4 is 0 Å². The molecular formula is C47H27N7. The van der Waals surface area contributed by atoms with Crippen molar-refractivity contribution in [2.75, 3.05) is 0 Å². The molecule has 0 amide bonds. The van der Waals surface area contributed by atoms with Crippen LogP contribution in [0.5, 0.6) is 0 Å². The smallest absolute Gasteiger partial charge is 0.166 e. The first-order valence-corrected chi connectivity index (χ1v) is 17.6. The zero-order valence-electron chi connectivity index (χ0n) is 28.7. The summed E-state index contributed by atoms with van der Waals surface area (Å²) in [5.74, 6) is 1.59. The van der Waals surface area contributed by atoms with Gasteiger partial charge in [0.25, 0.3) is 0 Å². The molecule has 0 spiro atoms. The maximum Gasteiger partial charge on any atom is 0.166 e. The van der Waals surface area contributed by atoms with Gasteiger partial charge in [-0.2, -0.15) is 10.5 Å². The molecular weight excluding hydrogens is 663 g/mol. The van der Waals surface area contributed by atoms with E-state index in [2.05, 4.69) is 76.3 Å². The summed E-state index contributed by atoms with van der Waals surface area (Å²) in [7, 11) is 0. The molecule has 0 atom stereocenters. The van der Waals surface area contributed by atoms with E-state index in [0.29, 0.717) is 28.6 Å². The fourth-order valence-corrected chi connectivity index (χ4v) is 7.54. The summed E-state index contributed by atoms with van der Waals surface area (Å²) >= 11 is 0. The van der Waals surface area contributed by atoms with Crippen molar-refractivity contribution < 1.29 is 0 Å². The van der Waals surface area contributed by atoms with Gasteiger partial charge in [-0.05, 0) is 48.0 Å². The van der Waals surface area contributed by atoms with Gasteiger partial charge < -0.3 is 9.55 Å². The van der Waals surface area contributed by atoms with Crippen molar-refractivity contribution in [3.05, 3.63) is 169 Å². The summed E-state index contributed by atoms with van der Waals surface area (Å²) in [6.07, 6.45) is 0. The van der Waals surface area contributed by atoms with E-state index in [-0.39, 0.29) is 0 Å². The fourth-order valence-electron chi connectivity index (χ4n) is 7.54. The Morgan fingerprint density at radius 2 is 1.02 bits per heavy atom. The second-order valence-corrected chi connectivity index (χ2v) is 13.2. The van der Waals surface area contributed by atoms with Crippen LogP contribution in [-0.2, 0) is 0 Å². The first-order valence-electron chi connectivity index (χ1n) is 17.6. The number of nitriles is 2. The molecule has 3 heterocycles. The van der Waals surface area contributed by atoms with E-state index in [1.807, 2.05) is 103 Å². The van der Waals surface area contributed by atoms with Gasteiger partial charge in [-0.3, -0.25) is 0 Å². The normalized spacial score (nSPS) is 11.3. The zero-order chi connectivity index (χ0) is 36.2. The summed E-state index contributed by atoms with van der Waals surface area (Å²) in [5.41, 5.74) is 10.2. The molecule has 0 bridgehead atoms. The van der Waals surface area contributed by atoms with E-state index in [0.717, 1.165) is 77.1 Å². The van der Waals surface area contributed by atoms with Gasteiger partial charge in [0.1, 0.15) is 0 Å². The van der Waals surface area contributed by atoms with Gasteiger partial charge in [-0.15, -0.1) is 0 Å². The molecule has 0 aliphatic heterocycles. The first-order chi connectivity index (χ1) is 26.7. The number of benzene rings is 7. The van der Waals surface area contributed by atoms with Crippen LogP contribution in [0.3, 0.4) is 0 Å². The molecule has 10 rings (SSSR count). The molecule has 7 aromatic carbocycles. The van der Waals surface area contributed by atoms with Gasteiger partial charge in [-0.25, -0.2) is 15.0 Å². The van der Waals surface area contributed by atoms with Gasteiger partial charge in [0.2, 0.25) is 0 Å². The van der Waals surface area contributed by atoms with Crippen molar-refractivity contribution in [1.29, 1.82) is 10.5 Å². The van der Waals surface area contributed by atoms with Crippen molar-refractivity contribution in [2.24, 2.45) is 0 Å². The highest BCUT2D eigenvalue weighted by molar-refractivity contribution is 6.13. The molecule has 250 valence electrons. The van der Waals surface area contributed by atoms with Crippen molar-refractivity contribution in [3.63, 3.8) is 0 Å². The molecule has 1 N–H and O–H groups in total. The third-order valence-electron chi connectivity index (χ3n) is 10.1. The molecule has 7 heteroatoms. The van der Waals surface area contributed by atoms with Crippen LogP contribution in [0.25, 0.3) is 94.6 Å². The van der Waals surface area contributed by atoms with Crippen molar-refractivity contribution in [2.45, 2.75) is 0 Å². The minimum Gasteiger partial charge on any atom is -0.354 e. The largest absolute Gasteiger partial charge is 0.354 e. The van der Waals surface area contributed by atoms with Gasteiger partial charge >= 0.3 is 0 Å². The van der Waals surface area contributed by atoms with Crippen LogP contribution in [0.1, 0.15) is 11.1 Å². The number of rotatable bonds is 5. The highest BCUT2D eigenvalue weighted by Crippen LogP contribution is 2.40. The van der Waals surface area contributed by atoms with Gasteiger partial charge in [-0.1, -0.05) is 115 Å². The minimum absolute atomic E-state index is 0.492. The number of nitrogens with zero attached hydrogens (tertiary/aromatic N) is 6. The number of hydrogen-bond donors (Lipinski definition) is 1. The third kappa shape index (κ3) is 5.00. The molecule has 0 saturated carbocycles. The van der Waals surface area contributed by atoms with Crippen molar-refractivity contribution >= 4 is 43.6 Å². The highest BCUT2D eigenvalue weighted by atomic mass is 15.1. The molecule has 0 unspecified atom stereocenters. The number of H-pyrrole nitrogens is 1. The molecule has 3 aromatic heterocycles. The van der Waals surface area contributed by atoms with Crippen molar-refractivity contribution in [1.82, 2.24) is 24.5 Å². The molecule has 0 aliphatic carbocycles. The van der Waals surface area contributed by atoms with E-state index in [4.69, 9.17) is 15.0 Å². The van der Waals surface area contributed by atoms with E-state index in [1.54, 1.807) is 0 Å². The SMILES string of the molecule is N#Cc1ccc2c3ccc(C#N)cc3n(-c3ccc(-c4cccc5c4[nH]c4ccccc45)cc3-c3nc(-c4ccccc4)nc(-c4ccccc4)n3)c2c1. The Balaban J connectivity index is 1.32. The van der Waals surface area contributed by atoms with E-state index >= 15 is 0 Å². The lowest BCUT2D eigenvalue weighted by Crippen LogP contribution is -2.04. The number of fused-ring (bicyclic) bond motifs is 6. The molecule has 0 saturated heterocycles. The van der Waals surface area contributed by atoms with Crippen LogP contribution in [0.15, 0.2) is 158 Å². The summed E-state index contributed by atoms with van der Waals surface area (Å²) in [5, 5.41) is 24.2. The number of nitrogens with one attached hydrogen (secondary N) is 1. The Morgan fingerprint density at radius 3 is 1.65 bits per heavy atom. The average Bonchev–Trinajstić information content (AvgIpc) is 3.79. The number of aromatic amines is 1. The maximum absolute atomic E-state index is 9.99. The number of hydrogen-bond acceptors (Lipinski definition) is 5. The molecule has 0 aliphatic rings. The second kappa shape index (κ2) is 12.4.